The molecule has 3 heterocycles. The summed E-state index contributed by atoms with van der Waals surface area (Å²) >= 11 is 0. The van der Waals surface area contributed by atoms with Gasteiger partial charge in [-0.3, -0.25) is 14.5 Å². The van der Waals surface area contributed by atoms with Crippen molar-refractivity contribution in [3.8, 4) is 0 Å². The van der Waals surface area contributed by atoms with E-state index in [0.717, 1.165) is 44.7 Å². The molecular weight excluding hydrogens is 314 g/mol. The number of nitrogens with zero attached hydrogens (tertiary/aromatic N) is 3. The molecule has 1 atom stereocenters. The first-order valence-electron chi connectivity index (χ1n) is 9.70. The zero-order chi connectivity index (χ0) is 17.2. The Morgan fingerprint density at radius 1 is 0.720 bits per heavy atom. The van der Waals surface area contributed by atoms with Crippen LogP contribution < -0.4 is 9.80 Å². The molecule has 134 valence electrons. The second-order valence-corrected chi connectivity index (χ2v) is 7.45. The van der Waals surface area contributed by atoms with E-state index in [4.69, 9.17) is 0 Å². The van der Waals surface area contributed by atoms with Crippen molar-refractivity contribution in [3.05, 3.63) is 24.3 Å². The van der Waals surface area contributed by atoms with Crippen LogP contribution in [0.4, 0.5) is 11.4 Å². The number of imide groups is 1. The third kappa shape index (κ3) is 3.30. The van der Waals surface area contributed by atoms with Gasteiger partial charge in [-0.05, 0) is 69.5 Å². The highest BCUT2D eigenvalue weighted by Crippen LogP contribution is 2.29. The zero-order valence-electron chi connectivity index (χ0n) is 14.8. The van der Waals surface area contributed by atoms with Crippen molar-refractivity contribution in [2.75, 3.05) is 36.0 Å². The molecule has 3 aliphatic heterocycles. The molecule has 1 aromatic carbocycles. The first-order valence-corrected chi connectivity index (χ1v) is 9.70. The Balaban J connectivity index is 1.48. The highest BCUT2D eigenvalue weighted by atomic mass is 16.2. The van der Waals surface area contributed by atoms with Gasteiger partial charge in [0.25, 0.3) is 5.91 Å². The molecule has 25 heavy (non-hydrogen) atoms. The molecule has 0 aromatic heterocycles. The molecule has 3 aliphatic rings. The Hall–Kier alpha value is -1.88. The van der Waals surface area contributed by atoms with Crippen LogP contribution in [0, 0.1) is 0 Å². The maximum atomic E-state index is 12.9. The number of hydrogen-bond acceptors (Lipinski definition) is 4. The number of rotatable bonds is 3. The second kappa shape index (κ2) is 7.16. The summed E-state index contributed by atoms with van der Waals surface area (Å²) in [6, 6.07) is 7.70. The predicted octanol–water partition coefficient (Wildman–Crippen LogP) is 2.79. The first kappa shape index (κ1) is 16.6. The Morgan fingerprint density at radius 3 is 1.92 bits per heavy atom. The third-order valence-corrected chi connectivity index (χ3v) is 5.78. The molecule has 3 fully saturated rings. The van der Waals surface area contributed by atoms with Crippen molar-refractivity contribution in [1.82, 2.24) is 4.90 Å². The Morgan fingerprint density at radius 2 is 1.28 bits per heavy atom. The Bertz CT molecular complexity index is 631. The van der Waals surface area contributed by atoms with E-state index in [1.165, 1.54) is 36.3 Å². The highest BCUT2D eigenvalue weighted by molar-refractivity contribution is 6.22. The maximum Gasteiger partial charge on any atom is 0.251 e. The minimum atomic E-state index is -0.255. The molecule has 0 N–H and O–H groups in total. The second-order valence-electron chi connectivity index (χ2n) is 7.45. The van der Waals surface area contributed by atoms with Crippen LogP contribution in [0.2, 0.25) is 0 Å². The van der Waals surface area contributed by atoms with E-state index < -0.39 is 0 Å². The summed E-state index contributed by atoms with van der Waals surface area (Å²) in [5, 5.41) is 0. The SMILES string of the molecule is O=C1C[C@H](N2CCCCC2)C(=O)N1c1ccc(N2CCCCC2)cc1. The molecule has 3 saturated heterocycles. The minimum Gasteiger partial charge on any atom is -0.372 e. The number of amides is 2. The van der Waals surface area contributed by atoms with E-state index in [9.17, 15) is 9.59 Å². The van der Waals surface area contributed by atoms with Crippen LogP contribution in [0.25, 0.3) is 0 Å². The van der Waals surface area contributed by atoms with Gasteiger partial charge in [-0.1, -0.05) is 6.42 Å². The van der Waals surface area contributed by atoms with Crippen LogP contribution in [-0.2, 0) is 9.59 Å². The smallest absolute Gasteiger partial charge is 0.251 e. The van der Waals surface area contributed by atoms with E-state index in [1.54, 1.807) is 0 Å². The summed E-state index contributed by atoms with van der Waals surface area (Å²) in [5.41, 5.74) is 1.91. The van der Waals surface area contributed by atoms with Gasteiger partial charge in [0.15, 0.2) is 0 Å². The van der Waals surface area contributed by atoms with Crippen molar-refractivity contribution in [3.63, 3.8) is 0 Å². The van der Waals surface area contributed by atoms with Crippen LogP contribution in [0.1, 0.15) is 44.9 Å². The maximum absolute atomic E-state index is 12.9. The van der Waals surface area contributed by atoms with Gasteiger partial charge in [-0.2, -0.15) is 0 Å². The summed E-state index contributed by atoms with van der Waals surface area (Å²) in [7, 11) is 0. The number of benzene rings is 1. The number of likely N-dealkylation sites (tertiary alicyclic amines) is 1. The van der Waals surface area contributed by atoms with E-state index in [0.29, 0.717) is 6.42 Å². The summed E-state index contributed by atoms with van der Waals surface area (Å²) in [6.07, 6.45) is 7.60. The molecule has 1 aromatic rings. The van der Waals surface area contributed by atoms with Crippen LogP contribution in [-0.4, -0.2) is 48.9 Å². The fraction of sp³-hybridized carbons (Fsp3) is 0.600. The molecule has 0 saturated carbocycles. The van der Waals surface area contributed by atoms with Gasteiger partial charge in [0.05, 0.1) is 18.2 Å². The average molecular weight is 341 g/mol. The fourth-order valence-corrected chi connectivity index (χ4v) is 4.37. The largest absolute Gasteiger partial charge is 0.372 e. The highest BCUT2D eigenvalue weighted by Gasteiger charge is 2.42. The van der Waals surface area contributed by atoms with Gasteiger partial charge in [0.1, 0.15) is 0 Å². The molecule has 0 unspecified atom stereocenters. The lowest BCUT2D eigenvalue weighted by molar-refractivity contribution is -0.123. The molecule has 0 bridgehead atoms. The van der Waals surface area contributed by atoms with Crippen molar-refractivity contribution in [1.29, 1.82) is 0 Å². The van der Waals surface area contributed by atoms with Gasteiger partial charge in [-0.15, -0.1) is 0 Å². The Kier molecular flexibility index (Phi) is 4.75. The van der Waals surface area contributed by atoms with Gasteiger partial charge < -0.3 is 4.90 Å². The van der Waals surface area contributed by atoms with Crippen molar-refractivity contribution in [2.24, 2.45) is 0 Å². The topological polar surface area (TPSA) is 43.9 Å². The van der Waals surface area contributed by atoms with E-state index in [2.05, 4.69) is 21.9 Å². The van der Waals surface area contributed by atoms with Crippen LogP contribution in [0.15, 0.2) is 24.3 Å². The van der Waals surface area contributed by atoms with E-state index in [-0.39, 0.29) is 17.9 Å². The summed E-state index contributed by atoms with van der Waals surface area (Å²) in [4.78, 5) is 31.3. The number of carbonyl (C=O) groups excluding carboxylic acids is 2. The normalized spacial score (nSPS) is 25.7. The lowest BCUT2D eigenvalue weighted by Crippen LogP contribution is -2.44. The standard InChI is InChI=1S/C20H27N3O2/c24-19-15-18(22-13-5-2-6-14-22)20(25)23(19)17-9-7-16(8-10-17)21-11-3-1-4-12-21/h7-10,18H,1-6,11-15H2/t18-/m0/s1. The Labute approximate surface area is 149 Å². The number of piperidine rings is 2. The van der Waals surface area contributed by atoms with Crippen LogP contribution >= 0.6 is 0 Å². The lowest BCUT2D eigenvalue weighted by Gasteiger charge is -2.30. The lowest BCUT2D eigenvalue weighted by atomic mass is 10.1. The molecule has 0 spiro atoms. The molecule has 2 amide bonds. The van der Waals surface area contributed by atoms with Gasteiger partial charge in [-0.25, -0.2) is 4.90 Å². The summed E-state index contributed by atoms with van der Waals surface area (Å²) in [5.74, 6) is -0.107. The molecular formula is C20H27N3O2. The third-order valence-electron chi connectivity index (χ3n) is 5.78. The molecule has 4 rings (SSSR count). The van der Waals surface area contributed by atoms with Crippen molar-refractivity contribution >= 4 is 23.2 Å². The van der Waals surface area contributed by atoms with Crippen LogP contribution in [0.5, 0.6) is 0 Å². The molecule has 0 aliphatic carbocycles. The number of anilines is 2. The van der Waals surface area contributed by atoms with Crippen molar-refractivity contribution < 1.29 is 9.59 Å². The van der Waals surface area contributed by atoms with Crippen molar-refractivity contribution in [2.45, 2.75) is 51.0 Å². The zero-order valence-corrected chi connectivity index (χ0v) is 14.8. The minimum absolute atomic E-state index is 0.0439. The van der Waals surface area contributed by atoms with Gasteiger partial charge in [0.2, 0.25) is 5.91 Å². The van der Waals surface area contributed by atoms with Gasteiger partial charge >= 0.3 is 0 Å². The molecule has 0 radical (unpaired) electrons. The molecule has 5 nitrogen and oxygen atoms in total. The average Bonchev–Trinajstić information content (AvgIpc) is 2.98. The predicted molar refractivity (Wildman–Crippen MR) is 98.8 cm³/mol. The molecule has 5 heteroatoms. The van der Waals surface area contributed by atoms with E-state index in [1.807, 2.05) is 12.1 Å². The summed E-state index contributed by atoms with van der Waals surface area (Å²) < 4.78 is 0. The quantitative estimate of drug-likeness (QED) is 0.793. The number of carbonyl (C=O) groups is 2. The van der Waals surface area contributed by atoms with Crippen LogP contribution in [0.3, 0.4) is 0 Å². The number of hydrogen-bond donors (Lipinski definition) is 0. The fourth-order valence-electron chi connectivity index (χ4n) is 4.37. The first-order chi connectivity index (χ1) is 12.2. The monoisotopic (exact) mass is 341 g/mol. The van der Waals surface area contributed by atoms with Gasteiger partial charge in [0, 0.05) is 18.8 Å². The summed E-state index contributed by atoms with van der Waals surface area (Å²) in [6.45, 7) is 4.06. The van der Waals surface area contributed by atoms with E-state index >= 15 is 0 Å².